The van der Waals surface area contributed by atoms with Gasteiger partial charge in [0, 0.05) is 23.0 Å². The lowest BCUT2D eigenvalue weighted by molar-refractivity contribution is 1.08. The Balaban J connectivity index is 1.74. The second-order valence-corrected chi connectivity index (χ2v) is 5.16. The predicted octanol–water partition coefficient (Wildman–Crippen LogP) is 3.67. The molecule has 0 atom stereocenters. The Labute approximate surface area is 116 Å². The zero-order chi connectivity index (χ0) is 13.1. The van der Waals surface area contributed by atoms with Gasteiger partial charge in [0.2, 0.25) is 0 Å². The van der Waals surface area contributed by atoms with Gasteiger partial charge < -0.3 is 9.72 Å². The number of nitrogens with zero attached hydrogens (tertiary/aromatic N) is 2. The van der Waals surface area contributed by atoms with Crippen molar-refractivity contribution in [2.24, 2.45) is 0 Å². The van der Waals surface area contributed by atoms with Crippen LogP contribution in [0, 0.1) is 0 Å². The minimum absolute atomic E-state index is 0.736. The molecular weight excluding hydrogens is 254 g/mol. The highest BCUT2D eigenvalue weighted by atomic mass is 32.2. The van der Waals surface area contributed by atoms with Crippen LogP contribution in [0.2, 0.25) is 0 Å². The van der Waals surface area contributed by atoms with Crippen molar-refractivity contribution in [1.29, 1.82) is 0 Å². The van der Waals surface area contributed by atoms with Gasteiger partial charge in [-0.1, -0.05) is 12.1 Å². The molecule has 0 bridgehead atoms. The van der Waals surface area contributed by atoms with E-state index in [-0.39, 0.29) is 0 Å². The van der Waals surface area contributed by atoms with Gasteiger partial charge in [-0.25, -0.2) is 4.98 Å². The Morgan fingerprint density at radius 3 is 3.00 bits per heavy atom. The lowest BCUT2D eigenvalue weighted by Gasteiger charge is -2.05. The van der Waals surface area contributed by atoms with Gasteiger partial charge in [0.15, 0.2) is 0 Å². The second-order valence-electron chi connectivity index (χ2n) is 4.28. The van der Waals surface area contributed by atoms with Gasteiger partial charge in [0.25, 0.3) is 0 Å². The van der Waals surface area contributed by atoms with Crippen LogP contribution in [0.5, 0.6) is 0 Å². The fourth-order valence-electron chi connectivity index (χ4n) is 2.00. The molecule has 2 heterocycles. The second kappa shape index (κ2) is 5.36. The van der Waals surface area contributed by atoms with E-state index in [0.29, 0.717) is 0 Å². The smallest absolute Gasteiger partial charge is 0.137 e. The number of hydrogen-bond acceptors (Lipinski definition) is 3. The maximum atomic E-state index is 4.57. The van der Waals surface area contributed by atoms with Gasteiger partial charge in [-0.3, -0.25) is 0 Å². The average molecular weight is 269 g/mol. The normalized spacial score (nSPS) is 10.8. The molecule has 0 spiro atoms. The largest absolute Gasteiger partial charge is 0.379 e. The molecular formula is C15H15N3S. The van der Waals surface area contributed by atoms with E-state index in [1.165, 1.54) is 4.90 Å². The summed E-state index contributed by atoms with van der Waals surface area (Å²) in [4.78, 5) is 5.83. The minimum atomic E-state index is 0.736. The van der Waals surface area contributed by atoms with Crippen LogP contribution in [0.15, 0.2) is 59.8 Å². The van der Waals surface area contributed by atoms with E-state index < -0.39 is 0 Å². The highest BCUT2D eigenvalue weighted by Gasteiger charge is 2.01. The van der Waals surface area contributed by atoms with Crippen LogP contribution in [0.4, 0.5) is 5.69 Å². The number of aromatic nitrogens is 2. The Kier molecular flexibility index (Phi) is 3.42. The number of benzene rings is 1. The summed E-state index contributed by atoms with van der Waals surface area (Å²) in [5.41, 5.74) is 3.15. The molecule has 3 nitrogen and oxygen atoms in total. The van der Waals surface area contributed by atoms with Crippen LogP contribution >= 0.6 is 11.8 Å². The number of pyridine rings is 1. The van der Waals surface area contributed by atoms with Crippen LogP contribution in [0.25, 0.3) is 5.65 Å². The van der Waals surface area contributed by atoms with E-state index in [1.54, 1.807) is 11.8 Å². The van der Waals surface area contributed by atoms with Crippen molar-refractivity contribution < 1.29 is 0 Å². The molecule has 19 heavy (non-hydrogen) atoms. The van der Waals surface area contributed by atoms with Crippen molar-refractivity contribution in [3.05, 3.63) is 60.6 Å². The first kappa shape index (κ1) is 12.1. The number of fused-ring (bicyclic) bond motifs is 1. The maximum Gasteiger partial charge on any atom is 0.137 e. The molecule has 3 rings (SSSR count). The number of nitrogens with one attached hydrogen (secondary N) is 1. The Bertz CT molecular complexity index is 657. The molecule has 96 valence electrons. The monoisotopic (exact) mass is 269 g/mol. The zero-order valence-corrected chi connectivity index (χ0v) is 11.5. The molecule has 0 fully saturated rings. The van der Waals surface area contributed by atoms with Gasteiger partial charge in [-0.2, -0.15) is 0 Å². The van der Waals surface area contributed by atoms with Crippen molar-refractivity contribution >= 4 is 23.1 Å². The summed E-state index contributed by atoms with van der Waals surface area (Å²) >= 11 is 1.75. The standard InChI is InChI=1S/C15H15N3S/c1-19-14-6-4-5-12(9-14)16-10-13-11-18-8-3-2-7-15(18)17-13/h2-9,11,16H,10H2,1H3. The van der Waals surface area contributed by atoms with E-state index in [4.69, 9.17) is 0 Å². The quantitative estimate of drug-likeness (QED) is 0.733. The number of anilines is 1. The molecule has 4 heteroatoms. The molecule has 0 aliphatic carbocycles. The minimum Gasteiger partial charge on any atom is -0.379 e. The third-order valence-electron chi connectivity index (χ3n) is 2.96. The average Bonchev–Trinajstić information content (AvgIpc) is 2.88. The summed E-state index contributed by atoms with van der Waals surface area (Å²) in [6.45, 7) is 0.736. The lowest BCUT2D eigenvalue weighted by Crippen LogP contribution is -1.99. The molecule has 0 saturated heterocycles. The Morgan fingerprint density at radius 1 is 1.21 bits per heavy atom. The summed E-state index contributed by atoms with van der Waals surface area (Å²) in [6, 6.07) is 14.4. The Morgan fingerprint density at radius 2 is 2.16 bits per heavy atom. The number of imidazole rings is 1. The number of rotatable bonds is 4. The Hall–Kier alpha value is -1.94. The highest BCUT2D eigenvalue weighted by Crippen LogP contribution is 2.19. The van der Waals surface area contributed by atoms with Crippen molar-refractivity contribution in [2.45, 2.75) is 11.4 Å². The lowest BCUT2D eigenvalue weighted by atomic mass is 10.3. The highest BCUT2D eigenvalue weighted by molar-refractivity contribution is 7.98. The van der Waals surface area contributed by atoms with E-state index in [0.717, 1.165) is 23.6 Å². The topological polar surface area (TPSA) is 29.3 Å². The van der Waals surface area contributed by atoms with Crippen molar-refractivity contribution in [3.8, 4) is 0 Å². The van der Waals surface area contributed by atoms with Gasteiger partial charge in [0.05, 0.1) is 12.2 Å². The molecule has 0 aliphatic heterocycles. The summed E-state index contributed by atoms with van der Waals surface area (Å²) in [5, 5.41) is 3.41. The van der Waals surface area contributed by atoms with Crippen LogP contribution in [-0.2, 0) is 6.54 Å². The van der Waals surface area contributed by atoms with Crippen LogP contribution in [-0.4, -0.2) is 15.6 Å². The summed E-state index contributed by atoms with van der Waals surface area (Å²) < 4.78 is 2.04. The van der Waals surface area contributed by atoms with E-state index in [2.05, 4.69) is 47.0 Å². The molecule has 0 aliphatic rings. The first-order valence-electron chi connectivity index (χ1n) is 6.16. The number of hydrogen-bond donors (Lipinski definition) is 1. The zero-order valence-electron chi connectivity index (χ0n) is 10.7. The summed E-state index contributed by atoms with van der Waals surface area (Å²) in [6.07, 6.45) is 6.15. The van der Waals surface area contributed by atoms with Gasteiger partial charge in [-0.15, -0.1) is 11.8 Å². The van der Waals surface area contributed by atoms with Gasteiger partial charge in [-0.05, 0) is 36.6 Å². The van der Waals surface area contributed by atoms with Crippen molar-refractivity contribution in [1.82, 2.24) is 9.38 Å². The van der Waals surface area contributed by atoms with Gasteiger partial charge in [0.1, 0.15) is 5.65 Å². The van der Waals surface area contributed by atoms with Gasteiger partial charge >= 0.3 is 0 Å². The fraction of sp³-hybridized carbons (Fsp3) is 0.133. The molecule has 0 saturated carbocycles. The van der Waals surface area contributed by atoms with Crippen LogP contribution in [0.3, 0.4) is 0 Å². The summed E-state index contributed by atoms with van der Waals surface area (Å²) in [7, 11) is 0. The maximum absolute atomic E-state index is 4.57. The fourth-order valence-corrected chi connectivity index (χ4v) is 2.46. The third kappa shape index (κ3) is 2.74. The van der Waals surface area contributed by atoms with Crippen LogP contribution in [0.1, 0.15) is 5.69 Å². The van der Waals surface area contributed by atoms with E-state index in [1.807, 2.05) is 28.8 Å². The molecule has 0 radical (unpaired) electrons. The first-order chi connectivity index (χ1) is 9.35. The molecule has 3 aromatic rings. The molecule has 1 aromatic carbocycles. The van der Waals surface area contributed by atoms with E-state index >= 15 is 0 Å². The predicted molar refractivity (Wildman–Crippen MR) is 80.7 cm³/mol. The third-order valence-corrected chi connectivity index (χ3v) is 3.68. The van der Waals surface area contributed by atoms with E-state index in [9.17, 15) is 0 Å². The SMILES string of the molecule is CSc1cccc(NCc2cn3ccccc3n2)c1. The summed E-state index contributed by atoms with van der Waals surface area (Å²) in [5.74, 6) is 0. The molecule has 0 unspecified atom stereocenters. The molecule has 2 aromatic heterocycles. The molecule has 1 N–H and O–H groups in total. The molecule has 0 amide bonds. The number of thioether (sulfide) groups is 1. The van der Waals surface area contributed by atoms with Crippen molar-refractivity contribution in [3.63, 3.8) is 0 Å². The first-order valence-corrected chi connectivity index (χ1v) is 7.38. The van der Waals surface area contributed by atoms with Crippen LogP contribution < -0.4 is 5.32 Å². The van der Waals surface area contributed by atoms with Crippen molar-refractivity contribution in [2.75, 3.05) is 11.6 Å².